The number of hydrogen-bond acceptors (Lipinski definition) is 2. The fourth-order valence-electron chi connectivity index (χ4n) is 0.848. The SMILES string of the molecule is Clc1cnc2[nH]nc(Br)c2c1. The van der Waals surface area contributed by atoms with Crippen LogP contribution in [0.25, 0.3) is 11.0 Å². The Morgan fingerprint density at radius 1 is 1.55 bits per heavy atom. The summed E-state index contributed by atoms with van der Waals surface area (Å²) in [5.74, 6) is 0. The lowest BCUT2D eigenvalue weighted by Gasteiger charge is -1.88. The first-order valence-corrected chi connectivity index (χ1v) is 4.09. The molecule has 5 heteroatoms. The maximum Gasteiger partial charge on any atom is 0.156 e. The Morgan fingerprint density at radius 2 is 2.36 bits per heavy atom. The molecular formula is C6H3BrClN3. The van der Waals surface area contributed by atoms with Crippen LogP contribution in [-0.4, -0.2) is 15.2 Å². The first kappa shape index (κ1) is 7.06. The predicted octanol–water partition coefficient (Wildman–Crippen LogP) is 2.37. The summed E-state index contributed by atoms with van der Waals surface area (Å²) in [6.07, 6.45) is 1.58. The van der Waals surface area contributed by atoms with Crippen molar-refractivity contribution >= 4 is 38.6 Å². The summed E-state index contributed by atoms with van der Waals surface area (Å²) in [5.41, 5.74) is 0.737. The summed E-state index contributed by atoms with van der Waals surface area (Å²) in [4.78, 5) is 4.02. The van der Waals surface area contributed by atoms with Crippen molar-refractivity contribution in [1.82, 2.24) is 15.2 Å². The van der Waals surface area contributed by atoms with Crippen molar-refractivity contribution in [3.8, 4) is 0 Å². The molecule has 0 saturated heterocycles. The molecule has 56 valence electrons. The molecule has 0 radical (unpaired) electrons. The van der Waals surface area contributed by atoms with Gasteiger partial charge >= 0.3 is 0 Å². The Hall–Kier alpha value is -0.610. The van der Waals surface area contributed by atoms with Gasteiger partial charge in [0.2, 0.25) is 0 Å². The average molecular weight is 232 g/mol. The Labute approximate surface area is 75.9 Å². The number of halogens is 2. The molecule has 0 bridgehead atoms. The number of hydrogen-bond donors (Lipinski definition) is 1. The van der Waals surface area contributed by atoms with E-state index in [1.807, 2.05) is 0 Å². The van der Waals surface area contributed by atoms with Crippen LogP contribution < -0.4 is 0 Å². The van der Waals surface area contributed by atoms with Crippen LogP contribution in [0, 0.1) is 0 Å². The summed E-state index contributed by atoms with van der Waals surface area (Å²) < 4.78 is 0.738. The molecule has 2 aromatic rings. The lowest BCUT2D eigenvalue weighted by Crippen LogP contribution is -1.74. The lowest BCUT2D eigenvalue weighted by atomic mass is 10.4. The Morgan fingerprint density at radius 3 is 3.18 bits per heavy atom. The molecule has 11 heavy (non-hydrogen) atoms. The van der Waals surface area contributed by atoms with Gasteiger partial charge in [-0.2, -0.15) is 5.10 Å². The smallest absolute Gasteiger partial charge is 0.156 e. The van der Waals surface area contributed by atoms with Gasteiger partial charge in [-0.3, -0.25) is 5.10 Å². The molecule has 2 heterocycles. The normalized spacial score (nSPS) is 10.7. The van der Waals surface area contributed by atoms with E-state index in [1.165, 1.54) is 0 Å². The van der Waals surface area contributed by atoms with Crippen molar-refractivity contribution < 1.29 is 0 Å². The van der Waals surface area contributed by atoms with E-state index in [9.17, 15) is 0 Å². The van der Waals surface area contributed by atoms with Gasteiger partial charge in [0.15, 0.2) is 5.65 Å². The minimum absolute atomic E-state index is 0.611. The lowest BCUT2D eigenvalue weighted by molar-refractivity contribution is 1.08. The second kappa shape index (κ2) is 2.46. The first-order chi connectivity index (χ1) is 5.27. The van der Waals surface area contributed by atoms with E-state index in [2.05, 4.69) is 31.1 Å². The third-order valence-corrected chi connectivity index (χ3v) is 2.15. The second-order valence-electron chi connectivity index (χ2n) is 2.06. The number of rotatable bonds is 0. The summed E-state index contributed by atoms with van der Waals surface area (Å²) in [5, 5.41) is 8.17. The van der Waals surface area contributed by atoms with Crippen LogP contribution in [0.2, 0.25) is 5.02 Å². The molecule has 0 aromatic carbocycles. The van der Waals surface area contributed by atoms with Crippen LogP contribution in [0.3, 0.4) is 0 Å². The van der Waals surface area contributed by atoms with Gasteiger partial charge in [0.25, 0.3) is 0 Å². The van der Waals surface area contributed by atoms with Crippen molar-refractivity contribution in [2.45, 2.75) is 0 Å². The molecule has 3 nitrogen and oxygen atoms in total. The van der Waals surface area contributed by atoms with Crippen LogP contribution in [-0.2, 0) is 0 Å². The minimum atomic E-state index is 0.611. The van der Waals surface area contributed by atoms with Gasteiger partial charge in [-0.1, -0.05) is 11.6 Å². The van der Waals surface area contributed by atoms with E-state index < -0.39 is 0 Å². The van der Waals surface area contributed by atoms with Gasteiger partial charge < -0.3 is 0 Å². The largest absolute Gasteiger partial charge is 0.260 e. The molecule has 0 amide bonds. The van der Waals surface area contributed by atoms with Crippen LogP contribution in [0.1, 0.15) is 0 Å². The standard InChI is InChI=1S/C6H3BrClN3/c7-5-4-1-3(8)2-9-6(4)11-10-5/h1-2H,(H,9,10,11). The number of nitrogens with zero attached hydrogens (tertiary/aromatic N) is 2. The zero-order valence-corrected chi connectivity index (χ0v) is 7.65. The minimum Gasteiger partial charge on any atom is -0.260 e. The summed E-state index contributed by atoms with van der Waals surface area (Å²) >= 11 is 8.98. The van der Waals surface area contributed by atoms with Crippen LogP contribution >= 0.6 is 27.5 Å². The monoisotopic (exact) mass is 231 g/mol. The van der Waals surface area contributed by atoms with Crippen LogP contribution in [0.4, 0.5) is 0 Å². The predicted molar refractivity (Wildman–Crippen MR) is 46.6 cm³/mol. The Balaban J connectivity index is 2.87. The van der Waals surface area contributed by atoms with E-state index >= 15 is 0 Å². The molecule has 0 aliphatic heterocycles. The van der Waals surface area contributed by atoms with Gasteiger partial charge in [0.05, 0.1) is 10.4 Å². The van der Waals surface area contributed by atoms with E-state index in [0.717, 1.165) is 15.6 Å². The summed E-state index contributed by atoms with van der Waals surface area (Å²) in [6, 6.07) is 1.80. The van der Waals surface area contributed by atoms with Gasteiger partial charge in [-0.05, 0) is 22.0 Å². The van der Waals surface area contributed by atoms with Crippen molar-refractivity contribution in [3.63, 3.8) is 0 Å². The third-order valence-electron chi connectivity index (χ3n) is 1.34. The van der Waals surface area contributed by atoms with Crippen molar-refractivity contribution in [3.05, 3.63) is 21.9 Å². The highest BCUT2D eigenvalue weighted by Gasteiger charge is 2.02. The number of nitrogens with one attached hydrogen (secondary N) is 1. The molecule has 1 N–H and O–H groups in total. The van der Waals surface area contributed by atoms with Crippen molar-refractivity contribution in [2.75, 3.05) is 0 Å². The number of H-pyrrole nitrogens is 1. The van der Waals surface area contributed by atoms with Gasteiger partial charge in [0.1, 0.15) is 4.60 Å². The number of aromatic amines is 1. The molecule has 0 aliphatic rings. The van der Waals surface area contributed by atoms with E-state index in [4.69, 9.17) is 11.6 Å². The highest BCUT2D eigenvalue weighted by atomic mass is 79.9. The summed E-state index contributed by atoms with van der Waals surface area (Å²) in [7, 11) is 0. The highest BCUT2D eigenvalue weighted by molar-refractivity contribution is 9.10. The molecule has 0 atom stereocenters. The van der Waals surface area contributed by atoms with Crippen LogP contribution in [0.5, 0.6) is 0 Å². The van der Waals surface area contributed by atoms with Crippen molar-refractivity contribution in [2.24, 2.45) is 0 Å². The third kappa shape index (κ3) is 1.12. The van der Waals surface area contributed by atoms with Gasteiger partial charge in [-0.25, -0.2) is 4.98 Å². The molecule has 0 unspecified atom stereocenters. The molecule has 0 spiro atoms. The van der Waals surface area contributed by atoms with Crippen molar-refractivity contribution in [1.29, 1.82) is 0 Å². The van der Waals surface area contributed by atoms with E-state index in [-0.39, 0.29) is 0 Å². The second-order valence-corrected chi connectivity index (χ2v) is 3.25. The average Bonchev–Trinajstić information content (AvgIpc) is 2.33. The fraction of sp³-hybridized carbons (Fsp3) is 0. The maximum atomic E-state index is 5.72. The van der Waals surface area contributed by atoms with E-state index in [0.29, 0.717) is 5.02 Å². The molecule has 2 rings (SSSR count). The zero-order chi connectivity index (χ0) is 7.84. The number of pyridine rings is 1. The van der Waals surface area contributed by atoms with Crippen LogP contribution in [0.15, 0.2) is 16.9 Å². The zero-order valence-electron chi connectivity index (χ0n) is 5.31. The number of fused-ring (bicyclic) bond motifs is 1. The first-order valence-electron chi connectivity index (χ1n) is 2.92. The molecule has 2 aromatic heterocycles. The van der Waals surface area contributed by atoms with E-state index in [1.54, 1.807) is 12.3 Å². The maximum absolute atomic E-state index is 5.72. The quantitative estimate of drug-likeness (QED) is 0.758. The number of aromatic nitrogens is 3. The summed E-state index contributed by atoms with van der Waals surface area (Å²) in [6.45, 7) is 0. The molecule has 0 aliphatic carbocycles. The Bertz CT molecular complexity index is 398. The fourth-order valence-corrected chi connectivity index (χ4v) is 1.40. The molecular weight excluding hydrogens is 229 g/mol. The molecule has 0 fully saturated rings. The highest BCUT2D eigenvalue weighted by Crippen LogP contribution is 2.21. The Kier molecular flexibility index (Phi) is 1.58. The topological polar surface area (TPSA) is 41.6 Å². The van der Waals surface area contributed by atoms with Gasteiger partial charge in [0, 0.05) is 6.20 Å². The molecule has 0 saturated carbocycles. The van der Waals surface area contributed by atoms with Gasteiger partial charge in [-0.15, -0.1) is 0 Å².